The van der Waals surface area contributed by atoms with Crippen LogP contribution in [0.15, 0.2) is 53.0 Å². The lowest BCUT2D eigenvalue weighted by Gasteiger charge is -2.09. The maximum absolute atomic E-state index is 6.34. The topological polar surface area (TPSA) is 33.6 Å². The summed E-state index contributed by atoms with van der Waals surface area (Å²) in [6.45, 7) is 0. The third-order valence-electron chi connectivity index (χ3n) is 3.37. The molecule has 0 fully saturated rings. The van der Waals surface area contributed by atoms with Crippen molar-refractivity contribution in [2.75, 3.05) is 0 Å². The lowest BCUT2D eigenvalue weighted by Crippen LogP contribution is -2.04. The van der Waals surface area contributed by atoms with Crippen LogP contribution < -0.4 is 0 Å². The van der Waals surface area contributed by atoms with Crippen LogP contribution in [0.25, 0.3) is 5.69 Å². The number of nitrogens with one attached hydrogen (secondary N) is 1. The van der Waals surface area contributed by atoms with Crippen molar-refractivity contribution >= 4 is 39.7 Å². The van der Waals surface area contributed by atoms with Gasteiger partial charge in [-0.15, -0.1) is 0 Å². The smallest absolute Gasteiger partial charge is 0.199 e. The third-order valence-corrected chi connectivity index (χ3v) is 4.44. The van der Waals surface area contributed by atoms with Crippen LogP contribution in [0, 0.1) is 4.77 Å². The van der Waals surface area contributed by atoms with Crippen LogP contribution in [0.1, 0.15) is 11.4 Å². The molecule has 0 aliphatic carbocycles. The average Bonchev–Trinajstić information content (AvgIpc) is 2.87. The van der Waals surface area contributed by atoms with Gasteiger partial charge in [-0.1, -0.05) is 57.9 Å². The summed E-state index contributed by atoms with van der Waals surface area (Å²) >= 11 is 15.1. The van der Waals surface area contributed by atoms with Crippen molar-refractivity contribution in [1.82, 2.24) is 14.8 Å². The lowest BCUT2D eigenvalue weighted by atomic mass is 10.1. The van der Waals surface area contributed by atoms with Gasteiger partial charge in [-0.2, -0.15) is 5.10 Å². The first-order chi connectivity index (χ1) is 10.6. The number of aryl methyl sites for hydroxylation is 2. The van der Waals surface area contributed by atoms with Gasteiger partial charge in [-0.05, 0) is 42.4 Å². The van der Waals surface area contributed by atoms with Crippen LogP contribution >= 0.6 is 39.7 Å². The molecule has 0 aliphatic heterocycles. The van der Waals surface area contributed by atoms with Gasteiger partial charge in [0.15, 0.2) is 4.77 Å². The number of nitrogens with zero attached hydrogens (tertiary/aromatic N) is 2. The molecule has 0 bridgehead atoms. The van der Waals surface area contributed by atoms with E-state index in [0.29, 0.717) is 9.79 Å². The first-order valence-corrected chi connectivity index (χ1v) is 8.39. The molecule has 0 aliphatic rings. The van der Waals surface area contributed by atoms with Crippen LogP contribution in [-0.2, 0) is 12.8 Å². The van der Waals surface area contributed by atoms with Gasteiger partial charge in [0.2, 0.25) is 0 Å². The molecule has 6 heteroatoms. The molecule has 112 valence electrons. The summed E-state index contributed by atoms with van der Waals surface area (Å²) in [5.41, 5.74) is 2.11. The number of hydrogen-bond acceptors (Lipinski definition) is 2. The van der Waals surface area contributed by atoms with Gasteiger partial charge in [0.1, 0.15) is 5.82 Å². The monoisotopic (exact) mass is 393 g/mol. The molecule has 0 atom stereocenters. The molecule has 0 unspecified atom stereocenters. The molecule has 2 aromatic carbocycles. The van der Waals surface area contributed by atoms with Crippen LogP contribution in [0.5, 0.6) is 0 Å². The molecule has 1 heterocycles. The quantitative estimate of drug-likeness (QED) is 0.622. The Morgan fingerprint density at radius 3 is 2.64 bits per heavy atom. The van der Waals surface area contributed by atoms with E-state index < -0.39 is 0 Å². The Bertz CT molecular complexity index is 842. The minimum absolute atomic E-state index is 0.548. The number of aromatic amines is 1. The summed E-state index contributed by atoms with van der Waals surface area (Å²) < 4.78 is 3.38. The number of hydrogen-bond donors (Lipinski definition) is 1. The predicted molar refractivity (Wildman–Crippen MR) is 95.3 cm³/mol. The predicted octanol–water partition coefficient (Wildman–Crippen LogP) is 5.13. The molecule has 0 spiro atoms. The first-order valence-electron chi connectivity index (χ1n) is 6.81. The van der Waals surface area contributed by atoms with Crippen molar-refractivity contribution in [2.24, 2.45) is 0 Å². The molecule has 0 saturated carbocycles. The zero-order valence-corrected chi connectivity index (χ0v) is 14.8. The molecule has 3 nitrogen and oxygen atoms in total. The molecule has 1 N–H and O–H groups in total. The fourth-order valence-corrected chi connectivity index (χ4v) is 3.32. The second kappa shape index (κ2) is 6.77. The van der Waals surface area contributed by atoms with Gasteiger partial charge in [0.05, 0.1) is 10.7 Å². The zero-order valence-electron chi connectivity index (χ0n) is 11.6. The maximum atomic E-state index is 6.34. The van der Waals surface area contributed by atoms with Crippen molar-refractivity contribution in [3.63, 3.8) is 0 Å². The SMILES string of the molecule is S=c1[nH]nc(CCc2ccccc2)n1-c1ccc(Br)cc1Cl. The molecule has 3 rings (SSSR count). The number of aromatic nitrogens is 3. The second-order valence-corrected chi connectivity index (χ2v) is 6.57. The van der Waals surface area contributed by atoms with Crippen molar-refractivity contribution in [3.05, 3.63) is 74.2 Å². The van der Waals surface area contributed by atoms with Crippen LogP contribution in [0.3, 0.4) is 0 Å². The normalized spacial score (nSPS) is 10.8. The van der Waals surface area contributed by atoms with E-state index in [1.165, 1.54) is 5.56 Å². The lowest BCUT2D eigenvalue weighted by molar-refractivity contribution is 0.820. The molecule has 0 amide bonds. The van der Waals surface area contributed by atoms with E-state index in [0.717, 1.165) is 28.8 Å². The zero-order chi connectivity index (χ0) is 15.5. The van der Waals surface area contributed by atoms with Crippen molar-refractivity contribution in [1.29, 1.82) is 0 Å². The Morgan fingerprint density at radius 2 is 1.91 bits per heavy atom. The Kier molecular flexibility index (Phi) is 4.76. The van der Waals surface area contributed by atoms with Gasteiger partial charge < -0.3 is 0 Å². The minimum Gasteiger partial charge on any atom is -0.271 e. The number of halogens is 2. The summed E-state index contributed by atoms with van der Waals surface area (Å²) in [6, 6.07) is 16.0. The molecule has 1 aromatic heterocycles. The van der Waals surface area contributed by atoms with Gasteiger partial charge in [-0.25, -0.2) is 0 Å². The highest BCUT2D eigenvalue weighted by Crippen LogP contribution is 2.26. The number of rotatable bonds is 4. The highest BCUT2D eigenvalue weighted by molar-refractivity contribution is 9.10. The van der Waals surface area contributed by atoms with Crippen LogP contribution in [-0.4, -0.2) is 14.8 Å². The summed E-state index contributed by atoms with van der Waals surface area (Å²) in [7, 11) is 0. The van der Waals surface area contributed by atoms with Crippen molar-refractivity contribution in [3.8, 4) is 5.69 Å². The Morgan fingerprint density at radius 1 is 1.14 bits per heavy atom. The highest BCUT2D eigenvalue weighted by atomic mass is 79.9. The standard InChI is InChI=1S/C16H13BrClN3S/c17-12-7-8-14(13(18)10-12)21-15(19-20-16(21)22)9-6-11-4-2-1-3-5-11/h1-5,7-8,10H,6,9H2,(H,20,22). The maximum Gasteiger partial charge on any atom is 0.199 e. The van der Waals surface area contributed by atoms with E-state index in [-0.39, 0.29) is 0 Å². The van der Waals surface area contributed by atoms with E-state index in [1.807, 2.05) is 41.0 Å². The average molecular weight is 395 g/mol. The third kappa shape index (κ3) is 3.32. The van der Waals surface area contributed by atoms with E-state index in [4.69, 9.17) is 23.8 Å². The molecule has 22 heavy (non-hydrogen) atoms. The summed E-state index contributed by atoms with van der Waals surface area (Å²) in [5.74, 6) is 0.873. The van der Waals surface area contributed by atoms with E-state index in [9.17, 15) is 0 Å². The fourth-order valence-electron chi connectivity index (χ4n) is 2.31. The van der Waals surface area contributed by atoms with Gasteiger partial charge in [-0.3, -0.25) is 9.67 Å². The molecular formula is C16H13BrClN3S. The number of H-pyrrole nitrogens is 1. The Balaban J connectivity index is 1.92. The highest BCUT2D eigenvalue weighted by Gasteiger charge is 2.11. The first kappa shape index (κ1) is 15.5. The van der Waals surface area contributed by atoms with Gasteiger partial charge >= 0.3 is 0 Å². The number of benzene rings is 2. The summed E-state index contributed by atoms with van der Waals surface area (Å²) in [6.07, 6.45) is 1.68. The fraction of sp³-hybridized carbons (Fsp3) is 0.125. The van der Waals surface area contributed by atoms with E-state index in [1.54, 1.807) is 0 Å². The van der Waals surface area contributed by atoms with Crippen molar-refractivity contribution in [2.45, 2.75) is 12.8 Å². The molecular weight excluding hydrogens is 382 g/mol. The van der Waals surface area contributed by atoms with Crippen molar-refractivity contribution < 1.29 is 0 Å². The minimum atomic E-state index is 0.548. The largest absolute Gasteiger partial charge is 0.271 e. The van der Waals surface area contributed by atoms with Crippen LogP contribution in [0.4, 0.5) is 0 Å². The Hall–Kier alpha value is -1.43. The Labute approximate surface area is 147 Å². The van der Waals surface area contributed by atoms with E-state index >= 15 is 0 Å². The summed E-state index contributed by atoms with van der Waals surface area (Å²) in [5, 5.41) is 7.84. The molecule has 0 radical (unpaired) electrons. The molecule has 0 saturated heterocycles. The van der Waals surface area contributed by atoms with Crippen LogP contribution in [0.2, 0.25) is 5.02 Å². The summed E-state index contributed by atoms with van der Waals surface area (Å²) in [4.78, 5) is 0. The van der Waals surface area contributed by atoms with Gasteiger partial charge in [0, 0.05) is 10.9 Å². The van der Waals surface area contributed by atoms with E-state index in [2.05, 4.69) is 38.3 Å². The second-order valence-electron chi connectivity index (χ2n) is 4.86. The molecule has 3 aromatic rings. The van der Waals surface area contributed by atoms with Gasteiger partial charge in [0.25, 0.3) is 0 Å².